The maximum absolute atomic E-state index is 12.2. The number of benzene rings is 1. The minimum atomic E-state index is 0.327. The Bertz CT molecular complexity index is 601. The molecule has 1 saturated carbocycles. The minimum Gasteiger partial charge on any atom is -0.493 e. The zero-order valence-electron chi connectivity index (χ0n) is 15.6. The Balaban J connectivity index is 1.52. The normalized spacial score (nSPS) is 23.4. The van der Waals surface area contributed by atoms with Crippen LogP contribution in [0.5, 0.6) is 11.5 Å². The fraction of sp³-hybridized carbons (Fsp3) is 0.650. The monoisotopic (exact) mass is 346 g/mol. The summed E-state index contributed by atoms with van der Waals surface area (Å²) in [4.78, 5) is 14.3. The predicted octanol–water partition coefficient (Wildman–Crippen LogP) is 2.83. The molecule has 1 aromatic carbocycles. The number of likely N-dealkylation sites (tertiary alicyclic amines) is 1. The van der Waals surface area contributed by atoms with Gasteiger partial charge in [-0.3, -0.25) is 4.79 Å². The van der Waals surface area contributed by atoms with Crippen LogP contribution in [0.25, 0.3) is 0 Å². The molecule has 5 nitrogen and oxygen atoms in total. The number of rotatable bonds is 7. The summed E-state index contributed by atoms with van der Waals surface area (Å²) < 4.78 is 11.0. The molecule has 3 rings (SSSR count). The third kappa shape index (κ3) is 4.46. The van der Waals surface area contributed by atoms with Crippen molar-refractivity contribution >= 4 is 5.91 Å². The van der Waals surface area contributed by atoms with Gasteiger partial charge in [0.15, 0.2) is 11.5 Å². The van der Waals surface area contributed by atoms with Crippen molar-refractivity contribution in [1.82, 2.24) is 10.2 Å². The van der Waals surface area contributed by atoms with Crippen LogP contribution in [-0.4, -0.2) is 43.7 Å². The zero-order chi connectivity index (χ0) is 17.8. The van der Waals surface area contributed by atoms with Gasteiger partial charge in [-0.1, -0.05) is 13.0 Å². The third-order valence-corrected chi connectivity index (χ3v) is 5.24. The quantitative estimate of drug-likeness (QED) is 0.825. The van der Waals surface area contributed by atoms with Gasteiger partial charge < -0.3 is 19.7 Å². The van der Waals surface area contributed by atoms with E-state index >= 15 is 0 Å². The number of hydrogen-bond acceptors (Lipinski definition) is 4. The molecule has 2 unspecified atom stereocenters. The summed E-state index contributed by atoms with van der Waals surface area (Å²) in [6.07, 6.45) is 3.20. The number of nitrogens with one attached hydrogen (secondary N) is 1. The van der Waals surface area contributed by atoms with Gasteiger partial charge in [-0.05, 0) is 49.8 Å². The number of amides is 1. The Morgan fingerprint density at radius 2 is 2.08 bits per heavy atom. The molecule has 5 heteroatoms. The van der Waals surface area contributed by atoms with E-state index in [1.165, 1.54) is 5.56 Å². The second-order valence-electron chi connectivity index (χ2n) is 7.23. The summed E-state index contributed by atoms with van der Waals surface area (Å²) in [7, 11) is 1.67. The third-order valence-electron chi connectivity index (χ3n) is 5.24. The zero-order valence-corrected chi connectivity index (χ0v) is 15.6. The standard InChI is InChI=1S/C20H30N2O3/c1-4-25-18-8-5-15(11-19(18)24-3)12-21-17-9-10-22(13-14(17)2)20(23)16-6-7-16/h5,8,11,14,16-17,21H,4,6-7,9-10,12-13H2,1-3H3. The van der Waals surface area contributed by atoms with Crippen LogP contribution in [0, 0.1) is 11.8 Å². The lowest BCUT2D eigenvalue weighted by Crippen LogP contribution is -2.50. The van der Waals surface area contributed by atoms with E-state index < -0.39 is 0 Å². The van der Waals surface area contributed by atoms with E-state index in [1.54, 1.807) is 7.11 Å². The van der Waals surface area contributed by atoms with Crippen molar-refractivity contribution in [2.75, 3.05) is 26.8 Å². The van der Waals surface area contributed by atoms with E-state index in [1.807, 2.05) is 19.1 Å². The van der Waals surface area contributed by atoms with Gasteiger partial charge in [0.25, 0.3) is 0 Å². The fourth-order valence-electron chi connectivity index (χ4n) is 3.58. The molecule has 2 fully saturated rings. The first kappa shape index (κ1) is 18.1. The van der Waals surface area contributed by atoms with Crippen LogP contribution in [0.4, 0.5) is 0 Å². The van der Waals surface area contributed by atoms with Crippen molar-refractivity contribution in [3.05, 3.63) is 23.8 Å². The first-order chi connectivity index (χ1) is 12.1. The Hall–Kier alpha value is -1.75. The summed E-state index contributed by atoms with van der Waals surface area (Å²) in [5.74, 6) is 2.74. The van der Waals surface area contributed by atoms with E-state index in [2.05, 4.69) is 23.2 Å². The summed E-state index contributed by atoms with van der Waals surface area (Å²) in [5, 5.41) is 3.66. The molecule has 1 heterocycles. The van der Waals surface area contributed by atoms with E-state index in [-0.39, 0.29) is 0 Å². The Kier molecular flexibility index (Phi) is 5.84. The van der Waals surface area contributed by atoms with Crippen LogP contribution >= 0.6 is 0 Å². The SMILES string of the molecule is CCOc1ccc(CNC2CCN(C(=O)C3CC3)CC2C)cc1OC. The highest BCUT2D eigenvalue weighted by Gasteiger charge is 2.36. The molecule has 1 aromatic rings. The molecule has 0 aromatic heterocycles. The molecule has 0 radical (unpaired) electrons. The Morgan fingerprint density at radius 1 is 1.28 bits per heavy atom. The van der Waals surface area contributed by atoms with Crippen molar-refractivity contribution in [3.63, 3.8) is 0 Å². The highest BCUT2D eigenvalue weighted by atomic mass is 16.5. The second-order valence-corrected chi connectivity index (χ2v) is 7.23. The number of piperidine rings is 1. The topological polar surface area (TPSA) is 50.8 Å². The van der Waals surface area contributed by atoms with Gasteiger partial charge in [-0.15, -0.1) is 0 Å². The number of ether oxygens (including phenoxy) is 2. The van der Waals surface area contributed by atoms with Crippen molar-refractivity contribution in [3.8, 4) is 11.5 Å². The summed E-state index contributed by atoms with van der Waals surface area (Å²) in [6.45, 7) is 7.39. The Morgan fingerprint density at radius 3 is 2.72 bits per heavy atom. The van der Waals surface area contributed by atoms with E-state index in [4.69, 9.17) is 9.47 Å². The summed E-state index contributed by atoms with van der Waals surface area (Å²) >= 11 is 0. The lowest BCUT2D eigenvalue weighted by atomic mass is 9.93. The van der Waals surface area contributed by atoms with Gasteiger partial charge in [0.1, 0.15) is 0 Å². The van der Waals surface area contributed by atoms with E-state index in [9.17, 15) is 4.79 Å². The van der Waals surface area contributed by atoms with E-state index in [0.29, 0.717) is 30.4 Å². The highest BCUT2D eigenvalue weighted by molar-refractivity contribution is 5.81. The second kappa shape index (κ2) is 8.09. The molecule has 0 spiro atoms. The smallest absolute Gasteiger partial charge is 0.225 e. The molecule has 2 atom stereocenters. The molecule has 2 aliphatic rings. The van der Waals surface area contributed by atoms with Crippen molar-refractivity contribution in [2.45, 2.75) is 45.7 Å². The number of carbonyl (C=O) groups is 1. The van der Waals surface area contributed by atoms with Crippen LogP contribution in [0.2, 0.25) is 0 Å². The van der Waals surface area contributed by atoms with Crippen LogP contribution in [0.3, 0.4) is 0 Å². The first-order valence-corrected chi connectivity index (χ1v) is 9.44. The average Bonchev–Trinajstić information content (AvgIpc) is 3.46. The molecule has 1 saturated heterocycles. The van der Waals surface area contributed by atoms with Crippen LogP contribution < -0.4 is 14.8 Å². The molecule has 0 bridgehead atoms. The van der Waals surface area contributed by atoms with Gasteiger partial charge >= 0.3 is 0 Å². The maximum Gasteiger partial charge on any atom is 0.225 e. The number of nitrogens with zero attached hydrogens (tertiary/aromatic N) is 1. The molecule has 1 N–H and O–H groups in total. The van der Waals surface area contributed by atoms with Crippen LogP contribution in [0.1, 0.15) is 38.7 Å². The van der Waals surface area contributed by atoms with Gasteiger partial charge in [0, 0.05) is 31.6 Å². The van der Waals surface area contributed by atoms with E-state index in [0.717, 1.165) is 50.4 Å². The van der Waals surface area contributed by atoms with Crippen LogP contribution in [0.15, 0.2) is 18.2 Å². The van der Waals surface area contributed by atoms with Gasteiger partial charge in [-0.2, -0.15) is 0 Å². The molecule has 1 amide bonds. The molecular formula is C20H30N2O3. The summed E-state index contributed by atoms with van der Waals surface area (Å²) in [6, 6.07) is 6.53. The van der Waals surface area contributed by atoms with Crippen molar-refractivity contribution in [1.29, 1.82) is 0 Å². The number of methoxy groups -OCH3 is 1. The Labute approximate surface area is 150 Å². The molecule has 138 valence electrons. The molecular weight excluding hydrogens is 316 g/mol. The van der Waals surface area contributed by atoms with Gasteiger partial charge in [0.05, 0.1) is 13.7 Å². The van der Waals surface area contributed by atoms with Crippen LogP contribution in [-0.2, 0) is 11.3 Å². The molecule has 1 aliphatic carbocycles. The van der Waals surface area contributed by atoms with Gasteiger partial charge in [0.2, 0.25) is 5.91 Å². The largest absolute Gasteiger partial charge is 0.493 e. The lowest BCUT2D eigenvalue weighted by Gasteiger charge is -2.37. The molecule has 1 aliphatic heterocycles. The first-order valence-electron chi connectivity index (χ1n) is 9.44. The lowest BCUT2D eigenvalue weighted by molar-refractivity contribution is -0.134. The van der Waals surface area contributed by atoms with Crippen molar-refractivity contribution in [2.24, 2.45) is 11.8 Å². The van der Waals surface area contributed by atoms with Crippen molar-refractivity contribution < 1.29 is 14.3 Å². The number of carbonyl (C=O) groups excluding carboxylic acids is 1. The highest BCUT2D eigenvalue weighted by Crippen LogP contribution is 2.32. The average molecular weight is 346 g/mol. The fourth-order valence-corrected chi connectivity index (χ4v) is 3.58. The summed E-state index contributed by atoms with van der Waals surface area (Å²) in [5.41, 5.74) is 1.18. The maximum atomic E-state index is 12.2. The number of hydrogen-bond donors (Lipinski definition) is 1. The minimum absolute atomic E-state index is 0.327. The molecule has 25 heavy (non-hydrogen) atoms. The van der Waals surface area contributed by atoms with Gasteiger partial charge in [-0.25, -0.2) is 0 Å². The predicted molar refractivity (Wildman–Crippen MR) is 97.9 cm³/mol.